The van der Waals surface area contributed by atoms with Crippen LogP contribution in [0, 0.1) is 5.82 Å². The predicted octanol–water partition coefficient (Wildman–Crippen LogP) is 4.38. The molecule has 1 aromatic carbocycles. The van der Waals surface area contributed by atoms with Crippen molar-refractivity contribution in [2.24, 2.45) is 0 Å². The van der Waals surface area contributed by atoms with Crippen molar-refractivity contribution >= 4 is 28.8 Å². The van der Waals surface area contributed by atoms with Crippen molar-refractivity contribution in [3.05, 3.63) is 50.7 Å². The van der Waals surface area contributed by atoms with Crippen molar-refractivity contribution < 1.29 is 9.18 Å². The van der Waals surface area contributed by atoms with Gasteiger partial charge < -0.3 is 5.32 Å². The summed E-state index contributed by atoms with van der Waals surface area (Å²) in [4.78, 5) is 19.7. The number of nitrogens with zero attached hydrogens (tertiary/aromatic N) is 2. The number of hydrogen-bond donors (Lipinski definition) is 1. The van der Waals surface area contributed by atoms with Crippen LogP contribution in [0.1, 0.15) is 57.9 Å². The highest BCUT2D eigenvalue weighted by Crippen LogP contribution is 2.41. The Kier molecular flexibility index (Phi) is 5.25. The van der Waals surface area contributed by atoms with E-state index in [1.54, 1.807) is 18.3 Å². The molecule has 2 aliphatic rings. The average Bonchev–Trinajstić information content (AvgIpc) is 3.12. The van der Waals surface area contributed by atoms with E-state index in [1.807, 2.05) is 0 Å². The fourth-order valence-corrected chi connectivity index (χ4v) is 4.78. The number of nitrogens with one attached hydrogen (secondary N) is 1. The highest BCUT2D eigenvalue weighted by Gasteiger charge is 2.30. The Morgan fingerprint density at radius 1 is 1.38 bits per heavy atom. The number of aromatic nitrogens is 1. The molecule has 1 atom stereocenters. The van der Waals surface area contributed by atoms with E-state index in [2.05, 4.69) is 15.2 Å². The Balaban J connectivity index is 1.50. The molecule has 1 N–H and O–H groups in total. The average molecular weight is 394 g/mol. The van der Waals surface area contributed by atoms with E-state index in [-0.39, 0.29) is 17.8 Å². The van der Waals surface area contributed by atoms with Gasteiger partial charge in [0.15, 0.2) is 0 Å². The normalized spacial score (nSPS) is 18.8. The summed E-state index contributed by atoms with van der Waals surface area (Å²) in [7, 11) is 0. The largest absolute Gasteiger partial charge is 0.349 e. The smallest absolute Gasteiger partial charge is 0.263 e. The number of likely N-dealkylation sites (tertiary alicyclic amines) is 1. The maximum absolute atomic E-state index is 14.5. The second kappa shape index (κ2) is 7.62. The first-order valence-corrected chi connectivity index (χ1v) is 10.2. The summed E-state index contributed by atoms with van der Waals surface area (Å²) in [6, 6.07) is 4.48. The number of thiazole rings is 1. The van der Waals surface area contributed by atoms with Crippen LogP contribution < -0.4 is 5.32 Å². The lowest BCUT2D eigenvalue weighted by molar-refractivity contribution is 0.0941. The van der Waals surface area contributed by atoms with E-state index >= 15 is 0 Å². The van der Waals surface area contributed by atoms with Crippen molar-refractivity contribution in [3.8, 4) is 0 Å². The highest BCUT2D eigenvalue weighted by atomic mass is 35.5. The first-order valence-electron chi connectivity index (χ1n) is 9.05. The number of carbonyl (C=O) groups is 1. The lowest BCUT2D eigenvalue weighted by atomic mass is 10.0. The van der Waals surface area contributed by atoms with Gasteiger partial charge in [-0.1, -0.05) is 17.7 Å². The zero-order valence-corrected chi connectivity index (χ0v) is 16.0. The van der Waals surface area contributed by atoms with Crippen molar-refractivity contribution in [2.45, 2.75) is 37.6 Å². The molecule has 1 saturated carbocycles. The van der Waals surface area contributed by atoms with E-state index in [4.69, 9.17) is 11.6 Å². The molecule has 0 bridgehead atoms. The zero-order valence-electron chi connectivity index (χ0n) is 14.4. The molecule has 2 fully saturated rings. The first kappa shape index (κ1) is 17.9. The fraction of sp³-hybridized carbons (Fsp3) is 0.474. The van der Waals surface area contributed by atoms with E-state index in [1.165, 1.54) is 17.4 Å². The molecule has 1 aromatic heterocycles. The molecule has 1 saturated heterocycles. The Bertz CT molecular complexity index is 782. The third-order valence-electron chi connectivity index (χ3n) is 5.04. The molecular formula is C19H21ClFN3OS. The van der Waals surface area contributed by atoms with E-state index in [0.29, 0.717) is 27.9 Å². The van der Waals surface area contributed by atoms with Crippen LogP contribution in [0.15, 0.2) is 24.4 Å². The van der Waals surface area contributed by atoms with Crippen LogP contribution in [-0.4, -0.2) is 35.4 Å². The van der Waals surface area contributed by atoms with Gasteiger partial charge in [-0.3, -0.25) is 9.69 Å². The van der Waals surface area contributed by atoms with Crippen LogP contribution in [0.4, 0.5) is 4.39 Å². The van der Waals surface area contributed by atoms with Crippen LogP contribution in [0.25, 0.3) is 0 Å². The minimum Gasteiger partial charge on any atom is -0.349 e. The molecule has 0 radical (unpaired) electrons. The summed E-state index contributed by atoms with van der Waals surface area (Å²) in [5.74, 6) is 0.0691. The molecule has 1 amide bonds. The van der Waals surface area contributed by atoms with Gasteiger partial charge in [-0.25, -0.2) is 9.37 Å². The third kappa shape index (κ3) is 3.77. The quantitative estimate of drug-likeness (QED) is 0.792. The van der Waals surface area contributed by atoms with E-state index < -0.39 is 0 Å². The SMILES string of the molecule is O=C(NCC(c1c(F)cccc1Cl)N1CCCC1)c1cnc(C2CC2)s1. The van der Waals surface area contributed by atoms with Gasteiger partial charge in [0, 0.05) is 23.0 Å². The fourth-order valence-electron chi connectivity index (χ4n) is 3.48. The Labute approximate surface area is 161 Å². The van der Waals surface area contributed by atoms with Crippen molar-refractivity contribution in [2.75, 3.05) is 19.6 Å². The molecule has 0 spiro atoms. The van der Waals surface area contributed by atoms with Gasteiger partial charge in [-0.15, -0.1) is 11.3 Å². The Hall–Kier alpha value is -1.50. The molecule has 4 rings (SSSR count). The van der Waals surface area contributed by atoms with Crippen molar-refractivity contribution in [1.29, 1.82) is 0 Å². The molecule has 138 valence electrons. The number of hydrogen-bond acceptors (Lipinski definition) is 4. The number of amides is 1. The summed E-state index contributed by atoms with van der Waals surface area (Å²) in [6.45, 7) is 2.10. The molecule has 1 aliphatic carbocycles. The lowest BCUT2D eigenvalue weighted by Crippen LogP contribution is -2.37. The van der Waals surface area contributed by atoms with Crippen LogP contribution in [0.2, 0.25) is 5.02 Å². The summed E-state index contributed by atoms with van der Waals surface area (Å²) < 4.78 is 14.5. The summed E-state index contributed by atoms with van der Waals surface area (Å²) in [5, 5.41) is 4.42. The first-order chi connectivity index (χ1) is 12.6. The predicted molar refractivity (Wildman–Crippen MR) is 101 cm³/mol. The molecule has 26 heavy (non-hydrogen) atoms. The number of rotatable bonds is 6. The second-order valence-electron chi connectivity index (χ2n) is 6.94. The van der Waals surface area contributed by atoms with Crippen LogP contribution in [-0.2, 0) is 0 Å². The molecule has 2 heterocycles. The zero-order chi connectivity index (χ0) is 18.1. The molecular weight excluding hydrogens is 373 g/mol. The van der Waals surface area contributed by atoms with E-state index in [0.717, 1.165) is 43.8 Å². The van der Waals surface area contributed by atoms with Crippen LogP contribution >= 0.6 is 22.9 Å². The topological polar surface area (TPSA) is 45.2 Å². The van der Waals surface area contributed by atoms with Crippen LogP contribution in [0.3, 0.4) is 0 Å². The Morgan fingerprint density at radius 3 is 2.85 bits per heavy atom. The lowest BCUT2D eigenvalue weighted by Gasteiger charge is -2.29. The highest BCUT2D eigenvalue weighted by molar-refractivity contribution is 7.13. The molecule has 7 heteroatoms. The summed E-state index contributed by atoms with van der Waals surface area (Å²) in [6.07, 6.45) is 6.13. The minimum absolute atomic E-state index is 0.147. The summed E-state index contributed by atoms with van der Waals surface area (Å²) in [5.41, 5.74) is 0.472. The monoisotopic (exact) mass is 393 g/mol. The Morgan fingerprint density at radius 2 is 2.15 bits per heavy atom. The molecule has 1 unspecified atom stereocenters. The van der Waals surface area contributed by atoms with Gasteiger partial charge in [-0.2, -0.15) is 0 Å². The van der Waals surface area contributed by atoms with Crippen molar-refractivity contribution in [1.82, 2.24) is 15.2 Å². The van der Waals surface area contributed by atoms with E-state index in [9.17, 15) is 9.18 Å². The maximum atomic E-state index is 14.5. The molecule has 4 nitrogen and oxygen atoms in total. The van der Waals surface area contributed by atoms with Crippen molar-refractivity contribution in [3.63, 3.8) is 0 Å². The van der Waals surface area contributed by atoms with Gasteiger partial charge in [0.1, 0.15) is 10.7 Å². The third-order valence-corrected chi connectivity index (χ3v) is 6.53. The number of carbonyl (C=O) groups excluding carboxylic acids is 1. The van der Waals surface area contributed by atoms with Gasteiger partial charge in [0.25, 0.3) is 5.91 Å². The maximum Gasteiger partial charge on any atom is 0.263 e. The number of benzene rings is 1. The minimum atomic E-state index is -0.322. The molecule has 2 aromatic rings. The van der Waals surface area contributed by atoms with Gasteiger partial charge >= 0.3 is 0 Å². The van der Waals surface area contributed by atoms with Gasteiger partial charge in [0.2, 0.25) is 0 Å². The van der Waals surface area contributed by atoms with Gasteiger partial charge in [-0.05, 0) is 50.9 Å². The van der Waals surface area contributed by atoms with Crippen LogP contribution in [0.5, 0.6) is 0 Å². The second-order valence-corrected chi connectivity index (χ2v) is 8.41. The molecule has 1 aliphatic heterocycles. The standard InChI is InChI=1S/C19H21ClFN3OS/c20-13-4-3-5-14(21)17(13)15(24-8-1-2-9-24)10-22-18(25)16-11-23-19(26-16)12-6-7-12/h3-5,11-12,15H,1-2,6-10H2,(H,22,25). The van der Waals surface area contributed by atoms with Gasteiger partial charge in [0.05, 0.1) is 17.2 Å². The number of halogens is 2. The summed E-state index contributed by atoms with van der Waals surface area (Å²) >= 11 is 7.75.